The Kier molecular flexibility index (Phi) is 6.28. The summed E-state index contributed by atoms with van der Waals surface area (Å²) in [5.74, 6) is -0.343. The maximum absolute atomic E-state index is 12.8. The first kappa shape index (κ1) is 20.5. The van der Waals surface area contributed by atoms with Crippen LogP contribution in [0, 0.1) is 6.92 Å². The number of carbonyl (C=O) groups is 1. The zero-order valence-electron chi connectivity index (χ0n) is 15.3. The van der Waals surface area contributed by atoms with Gasteiger partial charge in [-0.05, 0) is 30.7 Å². The number of thiazole rings is 1. The number of hydrazone groups is 1. The molecule has 3 aromatic rings. The monoisotopic (exact) mass is 418 g/mol. The fourth-order valence-electron chi connectivity index (χ4n) is 2.38. The summed E-state index contributed by atoms with van der Waals surface area (Å²) in [7, 11) is 0. The molecule has 0 fully saturated rings. The Morgan fingerprint density at radius 1 is 1.21 bits per heavy atom. The van der Waals surface area contributed by atoms with Crippen molar-refractivity contribution >= 4 is 34.3 Å². The molecule has 0 saturated carbocycles. The normalized spacial score (nSPS) is 11.6. The molecule has 2 aromatic carbocycles. The molecule has 1 amide bonds. The van der Waals surface area contributed by atoms with Gasteiger partial charge in [0.05, 0.1) is 23.9 Å². The number of halogens is 3. The van der Waals surface area contributed by atoms with Crippen LogP contribution >= 0.6 is 11.3 Å². The van der Waals surface area contributed by atoms with Gasteiger partial charge in [-0.25, -0.2) is 10.4 Å². The summed E-state index contributed by atoms with van der Waals surface area (Å²) < 4.78 is 38.4. The zero-order valence-corrected chi connectivity index (χ0v) is 16.1. The van der Waals surface area contributed by atoms with Gasteiger partial charge in [0.1, 0.15) is 0 Å². The fraction of sp³-hybridized carbons (Fsp3) is 0.150. The molecule has 1 heterocycles. The molecule has 9 heteroatoms. The number of alkyl halides is 3. The lowest BCUT2D eigenvalue weighted by Crippen LogP contribution is -2.19. The Hall–Kier alpha value is -3.20. The van der Waals surface area contributed by atoms with Crippen LogP contribution in [0.25, 0.3) is 0 Å². The van der Waals surface area contributed by atoms with Crippen molar-refractivity contribution in [2.75, 3.05) is 5.32 Å². The highest BCUT2D eigenvalue weighted by Gasteiger charge is 2.30. The van der Waals surface area contributed by atoms with Gasteiger partial charge in [0.2, 0.25) is 5.91 Å². The molecule has 5 nitrogen and oxygen atoms in total. The molecule has 0 aliphatic heterocycles. The number of benzene rings is 2. The van der Waals surface area contributed by atoms with Crippen LogP contribution in [0.3, 0.4) is 0 Å². The van der Waals surface area contributed by atoms with E-state index >= 15 is 0 Å². The van der Waals surface area contributed by atoms with Gasteiger partial charge < -0.3 is 5.32 Å². The third kappa shape index (κ3) is 6.15. The van der Waals surface area contributed by atoms with Crippen LogP contribution in [0.2, 0.25) is 0 Å². The smallest absolute Gasteiger partial charge is 0.332 e. The minimum atomic E-state index is -4.41. The van der Waals surface area contributed by atoms with Crippen LogP contribution in [0.4, 0.5) is 24.0 Å². The van der Waals surface area contributed by atoms with Crippen LogP contribution in [0.15, 0.2) is 59.0 Å². The first-order valence-corrected chi connectivity index (χ1v) is 9.45. The van der Waals surface area contributed by atoms with E-state index in [0.717, 1.165) is 23.3 Å². The van der Waals surface area contributed by atoms with Gasteiger partial charge in [0, 0.05) is 11.1 Å². The van der Waals surface area contributed by atoms with Gasteiger partial charge >= 0.3 is 6.18 Å². The molecule has 3 rings (SSSR count). The van der Waals surface area contributed by atoms with Gasteiger partial charge in [-0.15, -0.1) is 11.3 Å². The molecule has 0 saturated heterocycles. The van der Waals surface area contributed by atoms with Crippen molar-refractivity contribution in [3.8, 4) is 0 Å². The number of amides is 1. The second-order valence-electron chi connectivity index (χ2n) is 6.23. The number of hydrogen-bond donors (Lipinski definition) is 2. The molecule has 150 valence electrons. The number of anilines is 2. The van der Waals surface area contributed by atoms with Crippen LogP contribution in [-0.2, 0) is 17.4 Å². The molecular weight excluding hydrogens is 401 g/mol. The molecular formula is C20H17F3N4OS. The highest BCUT2D eigenvalue weighted by molar-refractivity contribution is 7.13. The molecule has 2 N–H and O–H groups in total. The summed E-state index contributed by atoms with van der Waals surface area (Å²) in [6.07, 6.45) is -2.87. The third-order valence-corrected chi connectivity index (χ3v) is 4.62. The summed E-state index contributed by atoms with van der Waals surface area (Å²) in [5.41, 5.74) is 4.43. The van der Waals surface area contributed by atoms with Crippen molar-refractivity contribution in [1.29, 1.82) is 0 Å². The summed E-state index contributed by atoms with van der Waals surface area (Å²) in [6.45, 7) is 1.98. The first-order chi connectivity index (χ1) is 13.8. The fourth-order valence-corrected chi connectivity index (χ4v) is 3.11. The van der Waals surface area contributed by atoms with Crippen molar-refractivity contribution in [2.24, 2.45) is 5.10 Å². The lowest BCUT2D eigenvalue weighted by molar-refractivity contribution is -0.137. The second kappa shape index (κ2) is 8.87. The standard InChI is InChI=1S/C20H17F3N4OS/c1-13-5-7-14(8-6-13)11-24-27-18(28)10-17-12-29-19(26-17)25-16-4-2-3-15(9-16)20(21,22)23/h2-9,11-12H,10H2,1H3,(H,25,26)(H,27,28)/b24-11-. The predicted octanol–water partition coefficient (Wildman–Crippen LogP) is 4.91. The summed E-state index contributed by atoms with van der Waals surface area (Å²) >= 11 is 1.20. The van der Waals surface area contributed by atoms with Gasteiger partial charge in [-0.3, -0.25) is 4.79 Å². The van der Waals surface area contributed by atoms with E-state index in [4.69, 9.17) is 0 Å². The van der Waals surface area contributed by atoms with Crippen LogP contribution in [0.5, 0.6) is 0 Å². The number of nitrogens with one attached hydrogen (secondary N) is 2. The van der Waals surface area contributed by atoms with Gasteiger partial charge in [-0.2, -0.15) is 18.3 Å². The van der Waals surface area contributed by atoms with E-state index in [2.05, 4.69) is 20.8 Å². The van der Waals surface area contributed by atoms with Crippen molar-refractivity contribution in [1.82, 2.24) is 10.4 Å². The minimum Gasteiger partial charge on any atom is -0.332 e. The largest absolute Gasteiger partial charge is 0.416 e. The maximum Gasteiger partial charge on any atom is 0.416 e. The van der Waals surface area contributed by atoms with E-state index in [1.165, 1.54) is 23.5 Å². The van der Waals surface area contributed by atoms with E-state index in [1.807, 2.05) is 31.2 Å². The van der Waals surface area contributed by atoms with Crippen LogP contribution < -0.4 is 10.7 Å². The summed E-state index contributed by atoms with van der Waals surface area (Å²) in [5, 5.41) is 8.79. The minimum absolute atomic E-state index is 0.00596. The second-order valence-corrected chi connectivity index (χ2v) is 7.09. The molecule has 0 aliphatic carbocycles. The lowest BCUT2D eigenvalue weighted by Gasteiger charge is -2.08. The van der Waals surface area contributed by atoms with Gasteiger partial charge in [0.25, 0.3) is 0 Å². The van der Waals surface area contributed by atoms with E-state index in [9.17, 15) is 18.0 Å². The molecule has 0 bridgehead atoms. The lowest BCUT2D eigenvalue weighted by atomic mass is 10.2. The molecule has 0 radical (unpaired) electrons. The van der Waals surface area contributed by atoms with Crippen molar-refractivity contribution < 1.29 is 18.0 Å². The SMILES string of the molecule is Cc1ccc(/C=N\NC(=O)Cc2csc(Nc3cccc(C(F)(F)F)c3)n2)cc1. The van der Waals surface area contributed by atoms with Gasteiger partial charge in [-0.1, -0.05) is 35.9 Å². The van der Waals surface area contributed by atoms with E-state index in [-0.39, 0.29) is 18.0 Å². The van der Waals surface area contributed by atoms with Crippen molar-refractivity contribution in [2.45, 2.75) is 19.5 Å². The maximum atomic E-state index is 12.8. The Labute approximate surface area is 169 Å². The van der Waals surface area contributed by atoms with Crippen molar-refractivity contribution in [3.63, 3.8) is 0 Å². The Balaban J connectivity index is 1.54. The first-order valence-electron chi connectivity index (χ1n) is 8.57. The van der Waals surface area contributed by atoms with E-state index in [0.29, 0.717) is 10.8 Å². The molecule has 0 atom stereocenters. The van der Waals surface area contributed by atoms with E-state index in [1.54, 1.807) is 11.6 Å². The van der Waals surface area contributed by atoms with Gasteiger partial charge in [0.15, 0.2) is 5.13 Å². The third-order valence-electron chi connectivity index (χ3n) is 3.81. The highest BCUT2D eigenvalue weighted by atomic mass is 32.1. The number of aryl methyl sites for hydroxylation is 1. The van der Waals surface area contributed by atoms with Crippen LogP contribution in [0.1, 0.15) is 22.4 Å². The highest BCUT2D eigenvalue weighted by Crippen LogP contribution is 2.31. The predicted molar refractivity (Wildman–Crippen MR) is 107 cm³/mol. The zero-order chi connectivity index (χ0) is 20.9. The average molecular weight is 418 g/mol. The Bertz CT molecular complexity index is 1010. The molecule has 0 unspecified atom stereocenters. The summed E-state index contributed by atoms with van der Waals surface area (Å²) in [6, 6.07) is 12.5. The molecule has 1 aromatic heterocycles. The average Bonchev–Trinajstić information content (AvgIpc) is 3.09. The Morgan fingerprint density at radius 2 is 1.97 bits per heavy atom. The van der Waals surface area contributed by atoms with Crippen LogP contribution in [-0.4, -0.2) is 17.1 Å². The van der Waals surface area contributed by atoms with E-state index < -0.39 is 11.7 Å². The van der Waals surface area contributed by atoms with Crippen molar-refractivity contribution in [3.05, 3.63) is 76.3 Å². The molecule has 29 heavy (non-hydrogen) atoms. The number of carbonyl (C=O) groups excluding carboxylic acids is 1. The number of nitrogens with zero attached hydrogens (tertiary/aromatic N) is 2. The Morgan fingerprint density at radius 3 is 2.69 bits per heavy atom. The molecule has 0 spiro atoms. The quantitative estimate of drug-likeness (QED) is 0.442. The topological polar surface area (TPSA) is 66.4 Å². The number of aromatic nitrogens is 1. The number of rotatable bonds is 6. The number of hydrogen-bond acceptors (Lipinski definition) is 5. The molecule has 0 aliphatic rings. The summed E-state index contributed by atoms with van der Waals surface area (Å²) in [4.78, 5) is 16.2.